The number of carbonyl (C=O) groups excluding carboxylic acids is 1. The van der Waals surface area contributed by atoms with Crippen LogP contribution >= 0.6 is 0 Å². The van der Waals surface area contributed by atoms with E-state index in [2.05, 4.69) is 43.2 Å². The first-order chi connectivity index (χ1) is 9.41. The average molecular weight is 281 g/mol. The standard InChI is InChI=1S/C16H31N3O/c1-12-5-6-14(11-13(12)2)18-15(20)16(3,4)19-9-7-17-8-10-19/h12-14,17H,5-11H2,1-4H3,(H,18,20). The summed E-state index contributed by atoms with van der Waals surface area (Å²) in [6.45, 7) is 12.6. The van der Waals surface area contributed by atoms with Crippen molar-refractivity contribution < 1.29 is 4.79 Å². The minimum atomic E-state index is -0.394. The van der Waals surface area contributed by atoms with Crippen LogP contribution < -0.4 is 10.6 Å². The van der Waals surface area contributed by atoms with E-state index in [-0.39, 0.29) is 5.91 Å². The Morgan fingerprint density at radius 1 is 1.15 bits per heavy atom. The SMILES string of the molecule is CC1CCC(NC(=O)C(C)(C)N2CCNCC2)CC1C. The van der Waals surface area contributed by atoms with Gasteiger partial charge in [-0.25, -0.2) is 0 Å². The predicted molar refractivity (Wildman–Crippen MR) is 82.6 cm³/mol. The Morgan fingerprint density at radius 2 is 1.80 bits per heavy atom. The van der Waals surface area contributed by atoms with Gasteiger partial charge in [0.25, 0.3) is 0 Å². The van der Waals surface area contributed by atoms with Gasteiger partial charge >= 0.3 is 0 Å². The second-order valence-corrected chi connectivity index (χ2v) is 7.23. The summed E-state index contributed by atoms with van der Waals surface area (Å²) in [4.78, 5) is 14.9. The number of hydrogen-bond acceptors (Lipinski definition) is 3. The molecular weight excluding hydrogens is 250 g/mol. The fraction of sp³-hybridized carbons (Fsp3) is 0.938. The molecule has 3 unspecified atom stereocenters. The molecule has 0 spiro atoms. The van der Waals surface area contributed by atoms with Crippen molar-refractivity contribution in [3.05, 3.63) is 0 Å². The van der Waals surface area contributed by atoms with E-state index < -0.39 is 5.54 Å². The largest absolute Gasteiger partial charge is 0.352 e. The van der Waals surface area contributed by atoms with Crippen molar-refractivity contribution in [2.24, 2.45) is 11.8 Å². The normalized spacial score (nSPS) is 32.9. The number of hydrogen-bond donors (Lipinski definition) is 2. The fourth-order valence-electron chi connectivity index (χ4n) is 3.41. The number of amides is 1. The van der Waals surface area contributed by atoms with Gasteiger partial charge in [-0.1, -0.05) is 13.8 Å². The highest BCUT2D eigenvalue weighted by Crippen LogP contribution is 2.29. The minimum Gasteiger partial charge on any atom is -0.352 e. The topological polar surface area (TPSA) is 44.4 Å². The molecule has 0 aromatic rings. The molecule has 116 valence electrons. The molecule has 1 saturated carbocycles. The second kappa shape index (κ2) is 6.44. The van der Waals surface area contributed by atoms with Crippen molar-refractivity contribution in [1.82, 2.24) is 15.5 Å². The van der Waals surface area contributed by atoms with Crippen LogP contribution in [0.2, 0.25) is 0 Å². The molecule has 4 nitrogen and oxygen atoms in total. The van der Waals surface area contributed by atoms with E-state index >= 15 is 0 Å². The number of piperazine rings is 1. The molecule has 0 aromatic heterocycles. The van der Waals surface area contributed by atoms with Crippen LogP contribution in [-0.4, -0.2) is 48.6 Å². The Kier molecular flexibility index (Phi) is 5.08. The van der Waals surface area contributed by atoms with Crippen molar-refractivity contribution in [1.29, 1.82) is 0 Å². The summed E-state index contributed by atoms with van der Waals surface area (Å²) in [5, 5.41) is 6.65. The van der Waals surface area contributed by atoms with Gasteiger partial charge in [0.1, 0.15) is 0 Å². The van der Waals surface area contributed by atoms with Crippen LogP contribution in [0, 0.1) is 11.8 Å². The van der Waals surface area contributed by atoms with Crippen LogP contribution in [0.5, 0.6) is 0 Å². The van der Waals surface area contributed by atoms with Crippen molar-refractivity contribution in [2.75, 3.05) is 26.2 Å². The quantitative estimate of drug-likeness (QED) is 0.826. The molecule has 4 heteroatoms. The smallest absolute Gasteiger partial charge is 0.240 e. The molecule has 1 aliphatic carbocycles. The molecule has 2 N–H and O–H groups in total. The van der Waals surface area contributed by atoms with Gasteiger partial charge in [-0.2, -0.15) is 0 Å². The summed E-state index contributed by atoms with van der Waals surface area (Å²) >= 11 is 0. The summed E-state index contributed by atoms with van der Waals surface area (Å²) in [5.41, 5.74) is -0.394. The lowest BCUT2D eigenvalue weighted by atomic mass is 9.79. The Bertz CT molecular complexity index is 337. The molecule has 2 rings (SSSR count). The molecule has 1 amide bonds. The third kappa shape index (κ3) is 3.53. The molecule has 1 aliphatic heterocycles. The lowest BCUT2D eigenvalue weighted by molar-refractivity contribution is -0.133. The predicted octanol–water partition coefficient (Wildman–Crippen LogP) is 1.61. The lowest BCUT2D eigenvalue weighted by Crippen LogP contribution is -2.61. The summed E-state index contributed by atoms with van der Waals surface area (Å²) < 4.78 is 0. The third-order valence-electron chi connectivity index (χ3n) is 5.40. The number of rotatable bonds is 3. The van der Waals surface area contributed by atoms with E-state index in [9.17, 15) is 4.79 Å². The van der Waals surface area contributed by atoms with Gasteiger partial charge in [-0.3, -0.25) is 9.69 Å². The van der Waals surface area contributed by atoms with Gasteiger partial charge in [0.15, 0.2) is 0 Å². The van der Waals surface area contributed by atoms with E-state index in [0.29, 0.717) is 6.04 Å². The monoisotopic (exact) mass is 281 g/mol. The highest BCUT2D eigenvalue weighted by atomic mass is 16.2. The Morgan fingerprint density at radius 3 is 2.40 bits per heavy atom. The maximum atomic E-state index is 12.6. The van der Waals surface area contributed by atoms with E-state index in [1.54, 1.807) is 0 Å². The molecule has 20 heavy (non-hydrogen) atoms. The van der Waals surface area contributed by atoms with Crippen LogP contribution in [0.25, 0.3) is 0 Å². The Balaban J connectivity index is 1.89. The molecule has 0 aromatic carbocycles. The highest BCUT2D eigenvalue weighted by Gasteiger charge is 2.37. The van der Waals surface area contributed by atoms with Crippen molar-refractivity contribution >= 4 is 5.91 Å². The minimum absolute atomic E-state index is 0.200. The van der Waals surface area contributed by atoms with Crippen LogP contribution in [-0.2, 0) is 4.79 Å². The van der Waals surface area contributed by atoms with Crippen LogP contribution in [0.3, 0.4) is 0 Å². The summed E-state index contributed by atoms with van der Waals surface area (Å²) in [6, 6.07) is 0.371. The molecule has 0 radical (unpaired) electrons. The van der Waals surface area contributed by atoms with Crippen molar-refractivity contribution in [3.63, 3.8) is 0 Å². The zero-order valence-electron chi connectivity index (χ0n) is 13.5. The van der Waals surface area contributed by atoms with Crippen LogP contribution in [0.15, 0.2) is 0 Å². The average Bonchev–Trinajstić information content (AvgIpc) is 2.44. The molecule has 3 atom stereocenters. The van der Waals surface area contributed by atoms with E-state index in [1.807, 2.05) is 0 Å². The van der Waals surface area contributed by atoms with E-state index in [0.717, 1.165) is 50.9 Å². The molecule has 0 bridgehead atoms. The molecule has 1 saturated heterocycles. The van der Waals surface area contributed by atoms with Gasteiger partial charge < -0.3 is 10.6 Å². The Hall–Kier alpha value is -0.610. The first-order valence-corrected chi connectivity index (χ1v) is 8.18. The van der Waals surface area contributed by atoms with Gasteiger partial charge in [-0.05, 0) is 44.9 Å². The third-order valence-corrected chi connectivity index (χ3v) is 5.40. The maximum absolute atomic E-state index is 12.6. The van der Waals surface area contributed by atoms with E-state index in [1.165, 1.54) is 6.42 Å². The highest BCUT2D eigenvalue weighted by molar-refractivity contribution is 5.85. The van der Waals surface area contributed by atoms with Crippen LogP contribution in [0.1, 0.15) is 47.0 Å². The molecular formula is C16H31N3O. The van der Waals surface area contributed by atoms with Gasteiger partial charge in [0, 0.05) is 32.2 Å². The van der Waals surface area contributed by atoms with Gasteiger partial charge in [0.05, 0.1) is 5.54 Å². The van der Waals surface area contributed by atoms with Crippen LogP contribution in [0.4, 0.5) is 0 Å². The number of nitrogens with zero attached hydrogens (tertiary/aromatic N) is 1. The van der Waals surface area contributed by atoms with E-state index in [4.69, 9.17) is 0 Å². The van der Waals surface area contributed by atoms with Crippen molar-refractivity contribution in [3.8, 4) is 0 Å². The lowest BCUT2D eigenvalue weighted by Gasteiger charge is -2.41. The summed E-state index contributed by atoms with van der Waals surface area (Å²) in [6.07, 6.45) is 3.50. The second-order valence-electron chi connectivity index (χ2n) is 7.23. The zero-order valence-corrected chi connectivity index (χ0v) is 13.5. The first-order valence-electron chi connectivity index (χ1n) is 8.18. The van der Waals surface area contributed by atoms with Gasteiger partial charge in [0.2, 0.25) is 5.91 Å². The molecule has 2 aliphatic rings. The fourth-order valence-corrected chi connectivity index (χ4v) is 3.41. The molecule has 1 heterocycles. The maximum Gasteiger partial charge on any atom is 0.240 e. The Labute approximate surface area is 123 Å². The zero-order chi connectivity index (χ0) is 14.8. The number of carbonyl (C=O) groups is 1. The first kappa shape index (κ1) is 15.8. The number of nitrogens with one attached hydrogen (secondary N) is 2. The summed E-state index contributed by atoms with van der Waals surface area (Å²) in [7, 11) is 0. The van der Waals surface area contributed by atoms with Crippen molar-refractivity contribution in [2.45, 2.75) is 58.5 Å². The molecule has 2 fully saturated rings. The summed E-state index contributed by atoms with van der Waals surface area (Å²) in [5.74, 6) is 1.71. The van der Waals surface area contributed by atoms with Gasteiger partial charge in [-0.15, -0.1) is 0 Å².